The Balaban J connectivity index is 2.53. The molecule has 0 aromatic rings. The fourth-order valence-electron chi connectivity index (χ4n) is 2.59. The van der Waals surface area contributed by atoms with Crippen LogP contribution in [0.3, 0.4) is 0 Å². The van der Waals surface area contributed by atoms with Crippen molar-refractivity contribution in [1.29, 1.82) is 0 Å². The predicted molar refractivity (Wildman–Crippen MR) is 69.4 cm³/mol. The highest BCUT2D eigenvalue weighted by Gasteiger charge is 2.30. The van der Waals surface area contributed by atoms with E-state index in [4.69, 9.17) is 4.74 Å². The van der Waals surface area contributed by atoms with Crippen LogP contribution in [0.1, 0.15) is 32.6 Å². The number of nitrogens with zero attached hydrogens (tertiary/aromatic N) is 1. The average Bonchev–Trinajstić information content (AvgIpc) is 2.41. The summed E-state index contributed by atoms with van der Waals surface area (Å²) < 4.78 is 29.2. The SMILES string of the molecule is CCCCC1CC(NCC(F)F)CN(C(=O)OC)C1. The van der Waals surface area contributed by atoms with Crippen molar-refractivity contribution in [1.82, 2.24) is 10.2 Å². The molecule has 2 atom stereocenters. The highest BCUT2D eigenvalue weighted by molar-refractivity contribution is 5.67. The maximum atomic E-state index is 12.2. The maximum Gasteiger partial charge on any atom is 0.409 e. The van der Waals surface area contributed by atoms with Crippen LogP contribution in [0.5, 0.6) is 0 Å². The third-order valence-corrected chi connectivity index (χ3v) is 3.50. The number of rotatable bonds is 6. The number of nitrogens with one attached hydrogen (secondary N) is 1. The van der Waals surface area contributed by atoms with E-state index in [1.165, 1.54) is 7.11 Å². The summed E-state index contributed by atoms with van der Waals surface area (Å²) in [5.41, 5.74) is 0. The summed E-state index contributed by atoms with van der Waals surface area (Å²) >= 11 is 0. The molecule has 0 bridgehead atoms. The van der Waals surface area contributed by atoms with Gasteiger partial charge in [0.2, 0.25) is 0 Å². The number of piperidine rings is 1. The molecule has 1 aliphatic rings. The molecule has 4 nitrogen and oxygen atoms in total. The summed E-state index contributed by atoms with van der Waals surface area (Å²) in [6, 6.07) is -0.0660. The number of amides is 1. The Labute approximate surface area is 113 Å². The first-order valence-corrected chi connectivity index (χ1v) is 6.91. The van der Waals surface area contributed by atoms with Gasteiger partial charge in [0, 0.05) is 19.1 Å². The largest absolute Gasteiger partial charge is 0.453 e. The monoisotopic (exact) mass is 278 g/mol. The minimum absolute atomic E-state index is 0.0660. The van der Waals surface area contributed by atoms with Gasteiger partial charge in [-0.1, -0.05) is 19.8 Å². The van der Waals surface area contributed by atoms with Crippen LogP contribution in [-0.4, -0.2) is 50.2 Å². The van der Waals surface area contributed by atoms with Gasteiger partial charge < -0.3 is 15.0 Å². The van der Waals surface area contributed by atoms with E-state index in [0.29, 0.717) is 19.0 Å². The van der Waals surface area contributed by atoms with Crippen molar-refractivity contribution in [2.24, 2.45) is 5.92 Å². The molecule has 1 amide bonds. The van der Waals surface area contributed by atoms with E-state index in [9.17, 15) is 13.6 Å². The number of carbonyl (C=O) groups excluding carboxylic acids is 1. The number of likely N-dealkylation sites (tertiary alicyclic amines) is 1. The molecule has 112 valence electrons. The van der Waals surface area contributed by atoms with Gasteiger partial charge in [-0.05, 0) is 18.8 Å². The van der Waals surface area contributed by atoms with Crippen molar-refractivity contribution in [3.8, 4) is 0 Å². The molecule has 6 heteroatoms. The van der Waals surface area contributed by atoms with Crippen molar-refractivity contribution < 1.29 is 18.3 Å². The van der Waals surface area contributed by atoms with Gasteiger partial charge in [-0.25, -0.2) is 13.6 Å². The van der Waals surface area contributed by atoms with Crippen molar-refractivity contribution in [3.05, 3.63) is 0 Å². The normalized spacial score (nSPS) is 23.7. The maximum absolute atomic E-state index is 12.2. The smallest absolute Gasteiger partial charge is 0.409 e. The van der Waals surface area contributed by atoms with Crippen molar-refractivity contribution >= 4 is 6.09 Å². The number of methoxy groups -OCH3 is 1. The minimum Gasteiger partial charge on any atom is -0.453 e. The van der Waals surface area contributed by atoms with Crippen LogP contribution in [0.2, 0.25) is 0 Å². The Bertz CT molecular complexity index is 277. The number of alkyl halides is 2. The van der Waals surface area contributed by atoms with Crippen LogP contribution >= 0.6 is 0 Å². The van der Waals surface area contributed by atoms with Gasteiger partial charge in [-0.3, -0.25) is 0 Å². The molecule has 19 heavy (non-hydrogen) atoms. The lowest BCUT2D eigenvalue weighted by Gasteiger charge is -2.37. The van der Waals surface area contributed by atoms with Crippen LogP contribution in [0, 0.1) is 5.92 Å². The van der Waals surface area contributed by atoms with Crippen LogP contribution in [-0.2, 0) is 4.74 Å². The number of ether oxygens (including phenoxy) is 1. The van der Waals surface area contributed by atoms with Crippen LogP contribution in [0.15, 0.2) is 0 Å². The van der Waals surface area contributed by atoms with E-state index in [0.717, 1.165) is 25.7 Å². The van der Waals surface area contributed by atoms with Crippen molar-refractivity contribution in [2.45, 2.75) is 45.1 Å². The number of hydrogen-bond donors (Lipinski definition) is 1. The lowest BCUT2D eigenvalue weighted by molar-refractivity contribution is 0.0817. The summed E-state index contributed by atoms with van der Waals surface area (Å²) in [5, 5.41) is 2.84. The Morgan fingerprint density at radius 2 is 2.21 bits per heavy atom. The zero-order valence-electron chi connectivity index (χ0n) is 11.7. The molecule has 0 aromatic heterocycles. The first kappa shape index (κ1) is 16.1. The van der Waals surface area contributed by atoms with Gasteiger partial charge in [0.15, 0.2) is 0 Å². The van der Waals surface area contributed by atoms with Gasteiger partial charge >= 0.3 is 6.09 Å². The van der Waals surface area contributed by atoms with E-state index in [1.807, 2.05) is 0 Å². The number of unbranched alkanes of at least 4 members (excludes halogenated alkanes) is 1. The zero-order chi connectivity index (χ0) is 14.3. The molecule has 1 N–H and O–H groups in total. The van der Waals surface area contributed by atoms with Crippen molar-refractivity contribution in [3.63, 3.8) is 0 Å². The van der Waals surface area contributed by atoms with Gasteiger partial charge in [0.05, 0.1) is 13.7 Å². The number of halogens is 2. The molecule has 0 aliphatic carbocycles. The second-order valence-electron chi connectivity index (χ2n) is 5.12. The van der Waals surface area contributed by atoms with Crippen molar-refractivity contribution in [2.75, 3.05) is 26.7 Å². The van der Waals surface area contributed by atoms with Crippen LogP contribution in [0.25, 0.3) is 0 Å². The number of carbonyl (C=O) groups is 1. The molecule has 0 aromatic carbocycles. The molecular weight excluding hydrogens is 254 g/mol. The molecule has 1 rings (SSSR count). The molecule has 0 saturated carbocycles. The van der Waals surface area contributed by atoms with E-state index >= 15 is 0 Å². The van der Waals surface area contributed by atoms with Gasteiger partial charge in [0.1, 0.15) is 0 Å². The molecule has 0 spiro atoms. The molecule has 2 unspecified atom stereocenters. The quantitative estimate of drug-likeness (QED) is 0.811. The van der Waals surface area contributed by atoms with Crippen LogP contribution < -0.4 is 5.32 Å². The number of hydrogen-bond acceptors (Lipinski definition) is 3. The zero-order valence-corrected chi connectivity index (χ0v) is 11.7. The molecule has 1 saturated heterocycles. The first-order chi connectivity index (χ1) is 9.06. The topological polar surface area (TPSA) is 41.6 Å². The molecule has 0 radical (unpaired) electrons. The average molecular weight is 278 g/mol. The summed E-state index contributed by atoms with van der Waals surface area (Å²) in [6.45, 7) is 2.91. The fourth-order valence-corrected chi connectivity index (χ4v) is 2.59. The Kier molecular flexibility index (Phi) is 7.05. The minimum atomic E-state index is -2.36. The first-order valence-electron chi connectivity index (χ1n) is 6.91. The van der Waals surface area contributed by atoms with E-state index in [-0.39, 0.29) is 18.7 Å². The second kappa shape index (κ2) is 8.30. The Morgan fingerprint density at radius 1 is 1.47 bits per heavy atom. The van der Waals surface area contributed by atoms with Gasteiger partial charge in [-0.2, -0.15) is 0 Å². The Hall–Kier alpha value is -0.910. The third kappa shape index (κ3) is 5.72. The van der Waals surface area contributed by atoms with Gasteiger partial charge in [-0.15, -0.1) is 0 Å². The van der Waals surface area contributed by atoms with Gasteiger partial charge in [0.25, 0.3) is 6.43 Å². The lowest BCUT2D eigenvalue weighted by Crippen LogP contribution is -2.52. The summed E-state index contributed by atoms with van der Waals surface area (Å²) in [5.74, 6) is 0.364. The predicted octanol–water partition coefficient (Wildman–Crippen LogP) is 2.49. The highest BCUT2D eigenvalue weighted by Crippen LogP contribution is 2.22. The highest BCUT2D eigenvalue weighted by atomic mass is 19.3. The third-order valence-electron chi connectivity index (χ3n) is 3.50. The summed E-state index contributed by atoms with van der Waals surface area (Å²) in [6.07, 6.45) is 1.34. The second-order valence-corrected chi connectivity index (χ2v) is 5.12. The summed E-state index contributed by atoms with van der Waals surface area (Å²) in [7, 11) is 1.35. The van der Waals surface area contributed by atoms with Crippen LogP contribution in [0.4, 0.5) is 13.6 Å². The van der Waals surface area contributed by atoms with E-state index < -0.39 is 6.43 Å². The molecular formula is C13H24F2N2O2. The lowest BCUT2D eigenvalue weighted by atomic mass is 9.90. The molecule has 1 aliphatic heterocycles. The van der Waals surface area contributed by atoms with E-state index in [1.54, 1.807) is 4.90 Å². The fraction of sp³-hybridized carbons (Fsp3) is 0.923. The standard InChI is InChI=1S/C13H24F2N2O2/c1-3-4-5-10-6-11(16-7-12(14)15)9-17(8-10)13(18)19-2/h10-12,16H,3-9H2,1-2H3. The molecule has 1 fully saturated rings. The summed E-state index contributed by atoms with van der Waals surface area (Å²) in [4.78, 5) is 13.2. The van der Waals surface area contributed by atoms with E-state index in [2.05, 4.69) is 12.2 Å². The Morgan fingerprint density at radius 3 is 2.79 bits per heavy atom. The molecule has 1 heterocycles.